The molecule has 72 valence electrons. The first-order chi connectivity index (χ1) is 5.81. The van der Waals surface area contributed by atoms with Crippen LogP contribution in [-0.4, -0.2) is 26.3 Å². The molecular weight excluding hydrogens is 158 g/mol. The van der Waals surface area contributed by atoms with E-state index in [1.165, 1.54) is 0 Å². The molecule has 0 aliphatic rings. The second-order valence-electron chi connectivity index (χ2n) is 2.45. The minimum Gasteiger partial charge on any atom is -0.385 e. The van der Waals surface area contributed by atoms with Crippen molar-refractivity contribution in [1.82, 2.24) is 10.7 Å². The first kappa shape index (κ1) is 11.2. The van der Waals surface area contributed by atoms with Crippen molar-refractivity contribution in [3.8, 4) is 0 Å². The zero-order valence-corrected chi connectivity index (χ0v) is 7.43. The molecule has 2 amide bonds. The predicted octanol–water partition coefficient (Wildman–Crippen LogP) is -0.0240. The number of carbonyl (C=O) groups excluding carboxylic acids is 1. The quantitative estimate of drug-likeness (QED) is 0.230. The number of nitrogens with one attached hydrogen (secondary N) is 2. The molecule has 0 aliphatic carbocycles. The number of methoxy groups -OCH3 is 1. The topological polar surface area (TPSA) is 76.4 Å². The van der Waals surface area contributed by atoms with Gasteiger partial charge < -0.3 is 10.1 Å². The summed E-state index contributed by atoms with van der Waals surface area (Å²) in [6.45, 7) is 1.44. The van der Waals surface area contributed by atoms with Gasteiger partial charge in [-0.3, -0.25) is 5.43 Å². The van der Waals surface area contributed by atoms with E-state index in [1.807, 2.05) is 5.43 Å². The number of urea groups is 1. The molecule has 0 aliphatic heterocycles. The van der Waals surface area contributed by atoms with E-state index in [9.17, 15) is 4.79 Å². The van der Waals surface area contributed by atoms with Crippen LogP contribution in [0, 0.1) is 0 Å². The molecule has 0 unspecified atom stereocenters. The van der Waals surface area contributed by atoms with Gasteiger partial charge in [-0.25, -0.2) is 10.6 Å². The maximum atomic E-state index is 10.5. The Balaban J connectivity index is 2.95. The molecule has 0 fully saturated rings. The third-order valence-corrected chi connectivity index (χ3v) is 1.44. The standard InChI is InChI=1S/C7H17N3O2/c1-12-6-4-2-3-5-9-7(11)10-8/h2-6,8H2,1H3,(H2,9,10,11). The van der Waals surface area contributed by atoms with Gasteiger partial charge in [0.25, 0.3) is 0 Å². The zero-order valence-electron chi connectivity index (χ0n) is 7.43. The van der Waals surface area contributed by atoms with Crippen molar-refractivity contribution < 1.29 is 9.53 Å². The molecule has 5 nitrogen and oxygen atoms in total. The second kappa shape index (κ2) is 8.29. The summed E-state index contributed by atoms with van der Waals surface area (Å²) >= 11 is 0. The lowest BCUT2D eigenvalue weighted by Crippen LogP contribution is -2.40. The fraction of sp³-hybridized carbons (Fsp3) is 0.857. The zero-order chi connectivity index (χ0) is 9.23. The van der Waals surface area contributed by atoms with Gasteiger partial charge in [-0.1, -0.05) is 0 Å². The van der Waals surface area contributed by atoms with Crippen LogP contribution < -0.4 is 16.6 Å². The highest BCUT2D eigenvalue weighted by molar-refractivity contribution is 5.72. The molecule has 0 heterocycles. The van der Waals surface area contributed by atoms with Gasteiger partial charge in [0, 0.05) is 20.3 Å². The lowest BCUT2D eigenvalue weighted by Gasteiger charge is -2.03. The number of unbranched alkanes of at least 4 members (excludes halogenated alkanes) is 2. The summed E-state index contributed by atoms with van der Waals surface area (Å²) in [5.41, 5.74) is 1.99. The Morgan fingerprint density at radius 1 is 1.42 bits per heavy atom. The van der Waals surface area contributed by atoms with E-state index in [0.29, 0.717) is 6.54 Å². The highest BCUT2D eigenvalue weighted by Gasteiger charge is 1.93. The third kappa shape index (κ3) is 7.30. The molecule has 0 saturated heterocycles. The fourth-order valence-electron chi connectivity index (χ4n) is 0.801. The van der Waals surface area contributed by atoms with Crippen molar-refractivity contribution in [3.05, 3.63) is 0 Å². The van der Waals surface area contributed by atoms with Crippen LogP contribution in [0.15, 0.2) is 0 Å². The molecule has 0 bridgehead atoms. The molecule has 0 radical (unpaired) electrons. The Morgan fingerprint density at radius 2 is 2.17 bits per heavy atom. The molecule has 0 rings (SSSR count). The van der Waals surface area contributed by atoms with Gasteiger partial charge in [0.2, 0.25) is 0 Å². The van der Waals surface area contributed by atoms with Gasteiger partial charge >= 0.3 is 6.03 Å². The lowest BCUT2D eigenvalue weighted by atomic mass is 10.2. The van der Waals surface area contributed by atoms with Crippen LogP contribution in [0.25, 0.3) is 0 Å². The summed E-state index contributed by atoms with van der Waals surface area (Å²) in [6, 6.07) is -0.332. The normalized spacial score (nSPS) is 9.50. The summed E-state index contributed by atoms with van der Waals surface area (Å²) < 4.78 is 4.87. The van der Waals surface area contributed by atoms with Crippen LogP contribution in [0.5, 0.6) is 0 Å². The number of amides is 2. The summed E-state index contributed by atoms with van der Waals surface area (Å²) in [6.07, 6.45) is 3.04. The lowest BCUT2D eigenvalue weighted by molar-refractivity contribution is 0.192. The molecule has 0 saturated carbocycles. The van der Waals surface area contributed by atoms with Crippen LogP contribution in [0.1, 0.15) is 19.3 Å². The predicted molar refractivity (Wildman–Crippen MR) is 46.4 cm³/mol. The Labute approximate surface area is 72.6 Å². The van der Waals surface area contributed by atoms with E-state index in [-0.39, 0.29) is 6.03 Å². The maximum absolute atomic E-state index is 10.5. The summed E-state index contributed by atoms with van der Waals surface area (Å²) in [7, 11) is 1.68. The fourth-order valence-corrected chi connectivity index (χ4v) is 0.801. The van der Waals surface area contributed by atoms with Crippen molar-refractivity contribution in [2.24, 2.45) is 5.84 Å². The average Bonchev–Trinajstić information content (AvgIpc) is 2.10. The van der Waals surface area contributed by atoms with Crippen LogP contribution in [0.3, 0.4) is 0 Å². The highest BCUT2D eigenvalue weighted by atomic mass is 16.5. The Kier molecular flexibility index (Phi) is 7.73. The monoisotopic (exact) mass is 175 g/mol. The van der Waals surface area contributed by atoms with E-state index in [0.717, 1.165) is 25.9 Å². The Morgan fingerprint density at radius 3 is 2.75 bits per heavy atom. The molecule has 5 heteroatoms. The number of nitrogens with two attached hydrogens (primary N) is 1. The third-order valence-electron chi connectivity index (χ3n) is 1.44. The molecule has 12 heavy (non-hydrogen) atoms. The summed E-state index contributed by atoms with van der Waals surface area (Å²) in [5.74, 6) is 4.85. The molecule has 0 atom stereocenters. The van der Waals surface area contributed by atoms with Crippen LogP contribution in [0.2, 0.25) is 0 Å². The molecule has 0 aromatic rings. The molecule has 0 aromatic carbocycles. The summed E-state index contributed by atoms with van der Waals surface area (Å²) in [4.78, 5) is 10.5. The van der Waals surface area contributed by atoms with E-state index >= 15 is 0 Å². The van der Waals surface area contributed by atoms with Gasteiger partial charge in [0.1, 0.15) is 0 Å². The molecule has 4 N–H and O–H groups in total. The van der Waals surface area contributed by atoms with Gasteiger partial charge in [-0.2, -0.15) is 0 Å². The number of rotatable bonds is 6. The molecular formula is C7H17N3O2. The van der Waals surface area contributed by atoms with Crippen LogP contribution in [-0.2, 0) is 4.74 Å². The SMILES string of the molecule is COCCCCCNC(=O)NN. The van der Waals surface area contributed by atoms with Crippen molar-refractivity contribution in [2.45, 2.75) is 19.3 Å². The number of hydrogen-bond acceptors (Lipinski definition) is 3. The minimum absolute atomic E-state index is 0.332. The largest absolute Gasteiger partial charge is 0.385 e. The van der Waals surface area contributed by atoms with Crippen molar-refractivity contribution in [1.29, 1.82) is 0 Å². The van der Waals surface area contributed by atoms with Crippen molar-refractivity contribution in [2.75, 3.05) is 20.3 Å². The number of hydrazine groups is 1. The summed E-state index contributed by atoms with van der Waals surface area (Å²) in [5, 5.41) is 2.59. The molecule has 0 spiro atoms. The number of carbonyl (C=O) groups is 1. The van der Waals surface area contributed by atoms with E-state index < -0.39 is 0 Å². The number of ether oxygens (including phenoxy) is 1. The van der Waals surface area contributed by atoms with Crippen molar-refractivity contribution in [3.63, 3.8) is 0 Å². The van der Waals surface area contributed by atoms with Gasteiger partial charge in [-0.05, 0) is 19.3 Å². The van der Waals surface area contributed by atoms with Gasteiger partial charge in [0.05, 0.1) is 0 Å². The van der Waals surface area contributed by atoms with Crippen molar-refractivity contribution >= 4 is 6.03 Å². The van der Waals surface area contributed by atoms with E-state index in [1.54, 1.807) is 7.11 Å². The maximum Gasteiger partial charge on any atom is 0.328 e. The smallest absolute Gasteiger partial charge is 0.328 e. The first-order valence-corrected chi connectivity index (χ1v) is 4.04. The van der Waals surface area contributed by atoms with Crippen LogP contribution in [0.4, 0.5) is 4.79 Å². The number of hydrogen-bond donors (Lipinski definition) is 3. The minimum atomic E-state index is -0.332. The van der Waals surface area contributed by atoms with E-state index in [4.69, 9.17) is 10.6 Å². The van der Waals surface area contributed by atoms with Crippen LogP contribution >= 0.6 is 0 Å². The highest BCUT2D eigenvalue weighted by Crippen LogP contribution is 1.93. The van der Waals surface area contributed by atoms with Gasteiger partial charge in [0.15, 0.2) is 0 Å². The second-order valence-corrected chi connectivity index (χ2v) is 2.45. The Hall–Kier alpha value is -0.810. The Bertz CT molecular complexity index is 119. The molecule has 0 aromatic heterocycles. The van der Waals surface area contributed by atoms with E-state index in [2.05, 4.69) is 5.32 Å². The van der Waals surface area contributed by atoms with Gasteiger partial charge in [-0.15, -0.1) is 0 Å². The average molecular weight is 175 g/mol. The first-order valence-electron chi connectivity index (χ1n) is 4.04.